The van der Waals surface area contributed by atoms with Crippen LogP contribution in [0.4, 0.5) is 0 Å². The van der Waals surface area contributed by atoms with E-state index >= 15 is 0 Å². The first kappa shape index (κ1) is 15.8. The van der Waals surface area contributed by atoms with E-state index in [0.29, 0.717) is 21.6 Å². The molecule has 0 aliphatic heterocycles. The van der Waals surface area contributed by atoms with Gasteiger partial charge in [0, 0.05) is 16.6 Å². The molecule has 1 aliphatic rings. The van der Waals surface area contributed by atoms with E-state index in [2.05, 4.69) is 21.2 Å². The molecule has 0 saturated heterocycles. The first-order chi connectivity index (χ1) is 9.50. The van der Waals surface area contributed by atoms with Gasteiger partial charge in [0.15, 0.2) is 0 Å². The lowest BCUT2D eigenvalue weighted by Crippen LogP contribution is -2.42. The summed E-state index contributed by atoms with van der Waals surface area (Å²) in [6.45, 7) is 0.312. The van der Waals surface area contributed by atoms with Crippen LogP contribution >= 0.6 is 27.5 Å². The van der Waals surface area contributed by atoms with Crippen LogP contribution in [0.25, 0.3) is 0 Å². The van der Waals surface area contributed by atoms with Crippen molar-refractivity contribution in [3.8, 4) is 0 Å². The molecule has 0 heterocycles. The first-order valence-corrected chi connectivity index (χ1v) is 8.13. The number of halogens is 2. The molecule has 20 heavy (non-hydrogen) atoms. The van der Waals surface area contributed by atoms with Gasteiger partial charge in [-0.15, -0.1) is 0 Å². The maximum Gasteiger partial charge on any atom is 0.251 e. The van der Waals surface area contributed by atoms with E-state index in [0.717, 1.165) is 25.7 Å². The molecule has 1 amide bonds. The number of carbonyl (C=O) groups excluding carboxylic acids is 1. The molecule has 0 aromatic heterocycles. The van der Waals surface area contributed by atoms with Crippen molar-refractivity contribution >= 4 is 33.4 Å². The molecule has 2 rings (SSSR count). The highest BCUT2D eigenvalue weighted by atomic mass is 79.9. The molecule has 0 unspecified atom stereocenters. The van der Waals surface area contributed by atoms with Gasteiger partial charge in [0.05, 0.1) is 10.6 Å². The molecule has 1 aromatic carbocycles. The number of amides is 1. The van der Waals surface area contributed by atoms with Crippen LogP contribution in [0.15, 0.2) is 22.7 Å². The maximum atomic E-state index is 12.1. The van der Waals surface area contributed by atoms with E-state index < -0.39 is 5.60 Å². The van der Waals surface area contributed by atoms with Crippen LogP contribution in [0.2, 0.25) is 5.02 Å². The van der Waals surface area contributed by atoms with Gasteiger partial charge in [-0.1, -0.05) is 37.3 Å². The van der Waals surface area contributed by atoms with Gasteiger partial charge in [0.2, 0.25) is 0 Å². The Labute approximate surface area is 132 Å². The molecule has 110 valence electrons. The van der Waals surface area contributed by atoms with Crippen molar-refractivity contribution in [3.63, 3.8) is 0 Å². The van der Waals surface area contributed by atoms with Gasteiger partial charge in [-0.25, -0.2) is 0 Å². The van der Waals surface area contributed by atoms with Gasteiger partial charge < -0.3 is 10.4 Å². The fraction of sp³-hybridized carbons (Fsp3) is 0.533. The summed E-state index contributed by atoms with van der Waals surface area (Å²) in [5.74, 6) is -0.181. The predicted molar refractivity (Wildman–Crippen MR) is 84.1 cm³/mol. The minimum absolute atomic E-state index is 0.181. The number of benzene rings is 1. The predicted octanol–water partition coefficient (Wildman–Crippen LogP) is 3.92. The number of hydrogen-bond donors (Lipinski definition) is 2. The Kier molecular flexibility index (Phi) is 5.47. The average Bonchev–Trinajstić information content (AvgIpc) is 2.65. The van der Waals surface area contributed by atoms with Gasteiger partial charge in [0.1, 0.15) is 0 Å². The van der Waals surface area contributed by atoms with Crippen LogP contribution in [0, 0.1) is 0 Å². The fourth-order valence-corrected chi connectivity index (χ4v) is 3.04. The van der Waals surface area contributed by atoms with Crippen molar-refractivity contribution in [2.45, 2.75) is 44.1 Å². The number of nitrogens with one attached hydrogen (secondary N) is 1. The van der Waals surface area contributed by atoms with Crippen LogP contribution in [-0.2, 0) is 0 Å². The van der Waals surface area contributed by atoms with E-state index in [1.165, 1.54) is 12.8 Å². The largest absolute Gasteiger partial charge is 0.388 e. The van der Waals surface area contributed by atoms with E-state index in [1.807, 2.05) is 0 Å². The summed E-state index contributed by atoms with van der Waals surface area (Å²) >= 11 is 9.21. The van der Waals surface area contributed by atoms with Crippen LogP contribution < -0.4 is 5.32 Å². The molecule has 1 fully saturated rings. The zero-order valence-corrected chi connectivity index (χ0v) is 13.6. The van der Waals surface area contributed by atoms with Crippen LogP contribution in [0.3, 0.4) is 0 Å². The van der Waals surface area contributed by atoms with Crippen molar-refractivity contribution in [3.05, 3.63) is 33.3 Å². The highest BCUT2D eigenvalue weighted by Crippen LogP contribution is 2.27. The van der Waals surface area contributed by atoms with Crippen molar-refractivity contribution < 1.29 is 9.90 Å². The van der Waals surface area contributed by atoms with Gasteiger partial charge in [-0.2, -0.15) is 0 Å². The van der Waals surface area contributed by atoms with Gasteiger partial charge in [-0.3, -0.25) is 4.79 Å². The zero-order chi connectivity index (χ0) is 14.6. The van der Waals surface area contributed by atoms with E-state index in [4.69, 9.17) is 11.6 Å². The number of aliphatic hydroxyl groups is 1. The topological polar surface area (TPSA) is 49.3 Å². The average molecular weight is 361 g/mol. The Morgan fingerprint density at radius 2 is 1.95 bits per heavy atom. The second-order valence-corrected chi connectivity index (χ2v) is 6.71. The third kappa shape index (κ3) is 4.21. The van der Waals surface area contributed by atoms with Crippen molar-refractivity contribution in [1.82, 2.24) is 5.32 Å². The second-order valence-electron chi connectivity index (χ2n) is 5.45. The molecular formula is C15H19BrClNO2. The highest BCUT2D eigenvalue weighted by Gasteiger charge is 2.28. The second kappa shape index (κ2) is 6.92. The molecule has 1 aromatic rings. The van der Waals surface area contributed by atoms with Crippen molar-refractivity contribution in [2.24, 2.45) is 0 Å². The van der Waals surface area contributed by atoms with E-state index in [1.54, 1.807) is 18.2 Å². The van der Waals surface area contributed by atoms with Gasteiger partial charge in [0.25, 0.3) is 5.91 Å². The summed E-state index contributed by atoms with van der Waals surface area (Å²) < 4.78 is 0.694. The lowest BCUT2D eigenvalue weighted by Gasteiger charge is -2.26. The fourth-order valence-electron chi connectivity index (χ4n) is 2.55. The van der Waals surface area contributed by atoms with Crippen molar-refractivity contribution in [1.29, 1.82) is 0 Å². The summed E-state index contributed by atoms with van der Waals surface area (Å²) in [6, 6.07) is 5.05. The maximum absolute atomic E-state index is 12.1. The molecule has 0 spiro atoms. The van der Waals surface area contributed by atoms with Crippen LogP contribution in [0.5, 0.6) is 0 Å². The molecule has 0 bridgehead atoms. The summed E-state index contributed by atoms with van der Waals surface area (Å²) in [5.41, 5.74) is -0.214. The van der Waals surface area contributed by atoms with Crippen molar-refractivity contribution in [2.75, 3.05) is 6.54 Å². The summed E-state index contributed by atoms with van der Waals surface area (Å²) in [6.07, 6.45) is 5.91. The van der Waals surface area contributed by atoms with Gasteiger partial charge >= 0.3 is 0 Å². The minimum Gasteiger partial charge on any atom is -0.388 e. The molecule has 1 saturated carbocycles. The van der Waals surface area contributed by atoms with Crippen LogP contribution in [0.1, 0.15) is 48.9 Å². The molecule has 0 atom stereocenters. The summed E-state index contributed by atoms with van der Waals surface area (Å²) in [4.78, 5) is 12.1. The zero-order valence-electron chi connectivity index (χ0n) is 11.3. The first-order valence-electron chi connectivity index (χ1n) is 6.96. The molecule has 3 nitrogen and oxygen atoms in total. The molecule has 0 radical (unpaired) electrons. The monoisotopic (exact) mass is 359 g/mol. The Hall–Kier alpha value is -0.580. The Balaban J connectivity index is 1.95. The molecular weight excluding hydrogens is 342 g/mol. The lowest BCUT2D eigenvalue weighted by atomic mass is 9.94. The van der Waals surface area contributed by atoms with E-state index in [9.17, 15) is 9.90 Å². The van der Waals surface area contributed by atoms with Gasteiger partial charge in [-0.05, 0) is 47.0 Å². The number of hydrogen-bond acceptors (Lipinski definition) is 2. The summed E-state index contributed by atoms with van der Waals surface area (Å²) in [7, 11) is 0. The minimum atomic E-state index is -0.754. The number of carbonyl (C=O) groups is 1. The Bertz CT molecular complexity index is 485. The third-order valence-electron chi connectivity index (χ3n) is 3.79. The quantitative estimate of drug-likeness (QED) is 0.803. The number of rotatable bonds is 3. The third-order valence-corrected chi connectivity index (χ3v) is 5.01. The lowest BCUT2D eigenvalue weighted by molar-refractivity contribution is 0.0246. The molecule has 2 N–H and O–H groups in total. The molecule has 1 aliphatic carbocycles. The normalized spacial score (nSPS) is 18.4. The smallest absolute Gasteiger partial charge is 0.251 e. The van der Waals surface area contributed by atoms with E-state index in [-0.39, 0.29) is 5.91 Å². The summed E-state index contributed by atoms with van der Waals surface area (Å²) in [5, 5.41) is 13.9. The Morgan fingerprint density at radius 1 is 1.30 bits per heavy atom. The molecule has 5 heteroatoms. The van der Waals surface area contributed by atoms with Crippen LogP contribution in [-0.4, -0.2) is 23.2 Å². The highest BCUT2D eigenvalue weighted by molar-refractivity contribution is 9.10. The standard InChI is InChI=1S/C15H19BrClNO2/c16-12-9-11(5-6-13(12)17)14(19)18-10-15(20)7-3-1-2-4-8-15/h5-6,9,20H,1-4,7-8,10H2,(H,18,19). The SMILES string of the molecule is O=C(NCC1(O)CCCCCC1)c1ccc(Cl)c(Br)c1. The Morgan fingerprint density at radius 3 is 2.55 bits per heavy atom.